The quantitative estimate of drug-likeness (QED) is 0.355. The number of anilines is 1. The number of cyclic esters (lactones) is 1. The molecular weight excluding hydrogens is 408 g/mol. The van der Waals surface area contributed by atoms with Crippen molar-refractivity contribution in [2.75, 3.05) is 4.90 Å². The fourth-order valence-corrected chi connectivity index (χ4v) is 4.94. The van der Waals surface area contributed by atoms with Gasteiger partial charge in [-0.05, 0) is 73.2 Å². The van der Waals surface area contributed by atoms with E-state index in [0.29, 0.717) is 17.5 Å². The summed E-state index contributed by atoms with van der Waals surface area (Å²) in [4.78, 5) is 19.4. The van der Waals surface area contributed by atoms with Crippen molar-refractivity contribution in [3.63, 3.8) is 0 Å². The van der Waals surface area contributed by atoms with Crippen LogP contribution < -0.4 is 4.90 Å². The molecule has 0 saturated carbocycles. The Morgan fingerprint density at radius 3 is 2.45 bits per heavy atom. The van der Waals surface area contributed by atoms with Crippen molar-refractivity contribution in [1.82, 2.24) is 0 Å². The molecule has 0 spiro atoms. The second-order valence-electron chi connectivity index (χ2n) is 9.51. The summed E-state index contributed by atoms with van der Waals surface area (Å²) < 4.78 is 5.41. The Balaban J connectivity index is 1.48. The second kappa shape index (κ2) is 8.36. The predicted molar refractivity (Wildman–Crippen MR) is 133 cm³/mol. The summed E-state index contributed by atoms with van der Waals surface area (Å²) in [5.74, 6) is 0.361. The molecule has 4 heteroatoms. The number of benzene rings is 3. The molecular formula is C29H28N2O2. The molecule has 0 radical (unpaired) electrons. The maximum Gasteiger partial charge on any atom is 0.363 e. The van der Waals surface area contributed by atoms with Crippen molar-refractivity contribution in [3.05, 3.63) is 107 Å². The minimum atomic E-state index is -0.411. The standard InChI is InChI=1S/C29H28N2O2/c1-20-18-29(2,3)31(19-21-10-6-4-7-11-21)26-15-14-22(16-24(20)26)17-25-28(32)33-27(30-25)23-12-8-5-9-13-23/h4-17,20H,18-19H2,1-3H3/b25-17-/t20-/m1/s1. The van der Waals surface area contributed by atoms with Crippen LogP contribution in [0.2, 0.25) is 0 Å². The molecule has 0 fully saturated rings. The number of rotatable bonds is 4. The van der Waals surface area contributed by atoms with Gasteiger partial charge in [-0.1, -0.05) is 61.5 Å². The average Bonchev–Trinajstić information content (AvgIpc) is 3.18. The first-order valence-electron chi connectivity index (χ1n) is 11.4. The Kier molecular flexibility index (Phi) is 5.37. The summed E-state index contributed by atoms with van der Waals surface area (Å²) in [6.07, 6.45) is 2.89. The predicted octanol–water partition coefficient (Wildman–Crippen LogP) is 6.32. The van der Waals surface area contributed by atoms with Gasteiger partial charge in [-0.25, -0.2) is 9.79 Å². The number of hydrogen-bond donors (Lipinski definition) is 0. The lowest BCUT2D eigenvalue weighted by atomic mass is 9.79. The van der Waals surface area contributed by atoms with Crippen LogP contribution in [0.15, 0.2) is 89.6 Å². The zero-order chi connectivity index (χ0) is 23.0. The van der Waals surface area contributed by atoms with Crippen molar-refractivity contribution in [1.29, 1.82) is 0 Å². The van der Waals surface area contributed by atoms with Gasteiger partial charge < -0.3 is 9.64 Å². The molecule has 2 aliphatic heterocycles. The van der Waals surface area contributed by atoms with Crippen molar-refractivity contribution < 1.29 is 9.53 Å². The zero-order valence-electron chi connectivity index (χ0n) is 19.3. The van der Waals surface area contributed by atoms with Gasteiger partial charge in [0.1, 0.15) is 0 Å². The molecule has 5 rings (SSSR count). The lowest BCUT2D eigenvalue weighted by molar-refractivity contribution is -0.129. The minimum absolute atomic E-state index is 0.0480. The van der Waals surface area contributed by atoms with Crippen LogP contribution >= 0.6 is 0 Å². The van der Waals surface area contributed by atoms with Crippen molar-refractivity contribution >= 4 is 23.6 Å². The Bertz CT molecular complexity index is 1240. The van der Waals surface area contributed by atoms with Gasteiger partial charge in [-0.15, -0.1) is 0 Å². The van der Waals surface area contributed by atoms with E-state index in [0.717, 1.165) is 24.1 Å². The van der Waals surface area contributed by atoms with E-state index in [1.165, 1.54) is 16.8 Å². The van der Waals surface area contributed by atoms with E-state index in [1.54, 1.807) is 0 Å². The highest BCUT2D eigenvalue weighted by atomic mass is 16.6. The Labute approximate surface area is 195 Å². The largest absolute Gasteiger partial charge is 0.402 e. The van der Waals surface area contributed by atoms with E-state index in [4.69, 9.17) is 4.74 Å². The highest BCUT2D eigenvalue weighted by molar-refractivity contribution is 6.12. The van der Waals surface area contributed by atoms with E-state index in [9.17, 15) is 4.79 Å². The van der Waals surface area contributed by atoms with Crippen LogP contribution in [-0.2, 0) is 16.1 Å². The summed E-state index contributed by atoms with van der Waals surface area (Å²) in [7, 11) is 0. The summed E-state index contributed by atoms with van der Waals surface area (Å²) in [6, 6.07) is 26.6. The van der Waals surface area contributed by atoms with E-state index >= 15 is 0 Å². The number of aliphatic imine (C=N–C) groups is 1. The summed E-state index contributed by atoms with van der Waals surface area (Å²) in [5.41, 5.74) is 6.00. The number of hydrogen-bond acceptors (Lipinski definition) is 4. The molecule has 3 aromatic carbocycles. The smallest absolute Gasteiger partial charge is 0.363 e. The first kappa shape index (κ1) is 21.2. The summed E-state index contributed by atoms with van der Waals surface area (Å²) >= 11 is 0. The van der Waals surface area contributed by atoms with Crippen LogP contribution in [0.5, 0.6) is 0 Å². The summed E-state index contributed by atoms with van der Waals surface area (Å²) in [5, 5.41) is 0. The Morgan fingerprint density at radius 2 is 1.73 bits per heavy atom. The van der Waals surface area contributed by atoms with Gasteiger partial charge in [-0.3, -0.25) is 0 Å². The van der Waals surface area contributed by atoms with Crippen molar-refractivity contribution in [2.24, 2.45) is 4.99 Å². The van der Waals surface area contributed by atoms with E-state index in [-0.39, 0.29) is 5.54 Å². The van der Waals surface area contributed by atoms with Crippen LogP contribution in [0, 0.1) is 0 Å². The lowest BCUT2D eigenvalue weighted by Crippen LogP contribution is -2.47. The van der Waals surface area contributed by atoms with E-state index < -0.39 is 5.97 Å². The number of fused-ring (bicyclic) bond motifs is 1. The molecule has 4 nitrogen and oxygen atoms in total. The van der Waals surface area contributed by atoms with Crippen LogP contribution in [0.4, 0.5) is 5.69 Å². The van der Waals surface area contributed by atoms with Gasteiger partial charge in [0, 0.05) is 23.3 Å². The Morgan fingerprint density at radius 1 is 1.03 bits per heavy atom. The third-order valence-electron chi connectivity index (χ3n) is 6.54. The topological polar surface area (TPSA) is 41.9 Å². The van der Waals surface area contributed by atoms with Crippen LogP contribution in [0.3, 0.4) is 0 Å². The highest BCUT2D eigenvalue weighted by Crippen LogP contribution is 2.44. The Hall–Kier alpha value is -3.66. The van der Waals surface area contributed by atoms with Gasteiger partial charge >= 0.3 is 5.97 Å². The van der Waals surface area contributed by atoms with Gasteiger partial charge in [0.15, 0.2) is 5.70 Å². The third kappa shape index (κ3) is 4.21. The molecule has 0 bridgehead atoms. The molecule has 166 valence electrons. The first-order chi connectivity index (χ1) is 15.9. The fraction of sp³-hybridized carbons (Fsp3) is 0.241. The maximum absolute atomic E-state index is 12.4. The van der Waals surface area contributed by atoms with Crippen LogP contribution in [0.1, 0.15) is 55.4 Å². The van der Waals surface area contributed by atoms with Crippen LogP contribution in [0.25, 0.3) is 6.08 Å². The molecule has 0 aliphatic carbocycles. The third-order valence-corrected chi connectivity index (χ3v) is 6.54. The monoisotopic (exact) mass is 436 g/mol. The molecule has 0 amide bonds. The number of nitrogens with zero attached hydrogens (tertiary/aromatic N) is 2. The molecule has 2 aliphatic rings. The minimum Gasteiger partial charge on any atom is -0.402 e. The normalized spacial score (nSPS) is 20.4. The van der Waals surface area contributed by atoms with Gasteiger partial charge in [0.25, 0.3) is 0 Å². The van der Waals surface area contributed by atoms with Crippen molar-refractivity contribution in [3.8, 4) is 0 Å². The fourth-order valence-electron chi connectivity index (χ4n) is 4.94. The molecule has 0 aromatic heterocycles. The molecule has 3 aromatic rings. The van der Waals surface area contributed by atoms with E-state index in [2.05, 4.69) is 79.2 Å². The number of ether oxygens (including phenoxy) is 1. The zero-order valence-corrected chi connectivity index (χ0v) is 19.3. The molecule has 0 unspecified atom stereocenters. The number of esters is 1. The highest BCUT2D eigenvalue weighted by Gasteiger charge is 2.36. The number of carbonyl (C=O) groups is 1. The average molecular weight is 437 g/mol. The molecule has 0 saturated heterocycles. The molecule has 2 heterocycles. The van der Waals surface area contributed by atoms with E-state index in [1.807, 2.05) is 36.4 Å². The maximum atomic E-state index is 12.4. The van der Waals surface area contributed by atoms with Crippen molar-refractivity contribution in [2.45, 2.75) is 45.2 Å². The lowest BCUT2D eigenvalue weighted by Gasteiger charge is -2.47. The van der Waals surface area contributed by atoms with Crippen LogP contribution in [-0.4, -0.2) is 17.4 Å². The molecule has 1 atom stereocenters. The molecule has 0 N–H and O–H groups in total. The number of carbonyl (C=O) groups excluding carboxylic acids is 1. The van der Waals surface area contributed by atoms with Gasteiger partial charge in [-0.2, -0.15) is 0 Å². The van der Waals surface area contributed by atoms with Gasteiger partial charge in [0.05, 0.1) is 0 Å². The SMILES string of the molecule is C[C@@H]1CC(C)(C)N(Cc2ccccc2)c2ccc(/C=C3\N=C(c4ccccc4)OC3=O)cc21. The summed E-state index contributed by atoms with van der Waals surface area (Å²) in [6.45, 7) is 7.79. The second-order valence-corrected chi connectivity index (χ2v) is 9.51. The van der Waals surface area contributed by atoms with Gasteiger partial charge in [0.2, 0.25) is 5.90 Å². The molecule has 33 heavy (non-hydrogen) atoms. The first-order valence-corrected chi connectivity index (χ1v) is 11.4.